The Hall–Kier alpha value is -2.89. The zero-order valence-electron chi connectivity index (χ0n) is 13.5. The largest absolute Gasteiger partial charge is 0.345 e. The molecule has 0 aliphatic heterocycles. The van der Waals surface area contributed by atoms with Gasteiger partial charge in [-0.1, -0.05) is 6.07 Å². The summed E-state index contributed by atoms with van der Waals surface area (Å²) < 4.78 is 0. The number of hydrogen-bond acceptors (Lipinski definition) is 3. The predicted molar refractivity (Wildman–Crippen MR) is 89.3 cm³/mol. The average molecular weight is 312 g/mol. The van der Waals surface area contributed by atoms with Gasteiger partial charge in [0.2, 0.25) is 0 Å². The molecule has 0 atom stereocenters. The van der Waals surface area contributed by atoms with Crippen LogP contribution in [0.1, 0.15) is 21.5 Å². The fourth-order valence-corrected chi connectivity index (χ4v) is 2.08. The first kappa shape index (κ1) is 16.5. The van der Waals surface area contributed by atoms with Crippen molar-refractivity contribution in [3.05, 3.63) is 59.4 Å². The smallest absolute Gasteiger partial charge is 0.319 e. The summed E-state index contributed by atoms with van der Waals surface area (Å²) in [6.07, 6.45) is 3.38. The fraction of sp³-hybridized carbons (Fsp3) is 0.235. The van der Waals surface area contributed by atoms with Crippen LogP contribution in [0.25, 0.3) is 0 Å². The minimum absolute atomic E-state index is 0.0601. The SMILES string of the molecule is Cc1cc(NC(=O)NCc2cccnc2)ccc1C(=O)N(C)C. The van der Waals surface area contributed by atoms with Gasteiger partial charge in [-0.05, 0) is 42.3 Å². The number of benzene rings is 1. The second-order valence-corrected chi connectivity index (χ2v) is 5.40. The van der Waals surface area contributed by atoms with E-state index in [1.165, 1.54) is 4.90 Å². The molecule has 0 saturated heterocycles. The Labute approximate surface area is 135 Å². The summed E-state index contributed by atoms with van der Waals surface area (Å²) in [6, 6.07) is 8.61. The summed E-state index contributed by atoms with van der Waals surface area (Å²) >= 11 is 0. The molecule has 0 bridgehead atoms. The predicted octanol–water partition coefficient (Wildman–Crippen LogP) is 2.41. The lowest BCUT2D eigenvalue weighted by Gasteiger charge is -2.14. The third-order valence-corrected chi connectivity index (χ3v) is 3.30. The standard InChI is InChI=1S/C17H20N4O2/c1-12-9-14(6-7-15(12)16(22)21(2)3)20-17(23)19-11-13-5-4-8-18-10-13/h4-10H,11H2,1-3H3,(H2,19,20,23). The van der Waals surface area contributed by atoms with Crippen molar-refractivity contribution in [1.29, 1.82) is 0 Å². The number of carbonyl (C=O) groups is 2. The van der Waals surface area contributed by atoms with Crippen LogP contribution in [-0.2, 0) is 6.54 Å². The van der Waals surface area contributed by atoms with Gasteiger partial charge < -0.3 is 15.5 Å². The molecule has 6 heteroatoms. The van der Waals surface area contributed by atoms with Gasteiger partial charge in [-0.2, -0.15) is 0 Å². The summed E-state index contributed by atoms with van der Waals surface area (Å²) in [7, 11) is 3.42. The monoisotopic (exact) mass is 312 g/mol. The molecule has 1 heterocycles. The molecule has 0 fully saturated rings. The molecule has 0 aliphatic rings. The van der Waals surface area contributed by atoms with Crippen LogP contribution in [-0.4, -0.2) is 35.9 Å². The first-order valence-electron chi connectivity index (χ1n) is 7.23. The zero-order chi connectivity index (χ0) is 16.8. The number of anilines is 1. The highest BCUT2D eigenvalue weighted by Gasteiger charge is 2.12. The lowest BCUT2D eigenvalue weighted by atomic mass is 10.1. The zero-order valence-corrected chi connectivity index (χ0v) is 13.5. The number of nitrogens with one attached hydrogen (secondary N) is 2. The van der Waals surface area contributed by atoms with Gasteiger partial charge in [-0.25, -0.2) is 4.79 Å². The Balaban J connectivity index is 1.96. The molecule has 2 rings (SSSR count). The average Bonchev–Trinajstić information content (AvgIpc) is 2.53. The van der Waals surface area contributed by atoms with E-state index in [1.807, 2.05) is 19.1 Å². The Bertz CT molecular complexity index is 699. The van der Waals surface area contributed by atoms with Crippen molar-refractivity contribution >= 4 is 17.6 Å². The molecule has 0 spiro atoms. The van der Waals surface area contributed by atoms with E-state index in [9.17, 15) is 9.59 Å². The first-order valence-corrected chi connectivity index (χ1v) is 7.23. The summed E-state index contributed by atoms with van der Waals surface area (Å²) in [5.74, 6) is -0.0601. The Morgan fingerprint density at radius 3 is 2.61 bits per heavy atom. The van der Waals surface area contributed by atoms with Gasteiger partial charge >= 0.3 is 6.03 Å². The van der Waals surface area contributed by atoms with E-state index in [0.29, 0.717) is 17.8 Å². The number of urea groups is 1. The van der Waals surface area contributed by atoms with Gasteiger partial charge in [0.15, 0.2) is 0 Å². The third kappa shape index (κ3) is 4.54. The number of amides is 3. The molecule has 6 nitrogen and oxygen atoms in total. The van der Waals surface area contributed by atoms with Crippen LogP contribution in [0.2, 0.25) is 0 Å². The molecule has 1 aromatic carbocycles. The number of pyridine rings is 1. The molecule has 1 aromatic heterocycles. The van der Waals surface area contributed by atoms with Crippen molar-refractivity contribution in [2.45, 2.75) is 13.5 Å². The van der Waals surface area contributed by atoms with Crippen LogP contribution in [0.5, 0.6) is 0 Å². The topological polar surface area (TPSA) is 74.3 Å². The maximum absolute atomic E-state index is 12.0. The van der Waals surface area contributed by atoms with Crippen molar-refractivity contribution in [3.8, 4) is 0 Å². The maximum atomic E-state index is 12.0. The quantitative estimate of drug-likeness (QED) is 0.910. The van der Waals surface area contributed by atoms with Gasteiger partial charge in [0.25, 0.3) is 5.91 Å². The highest BCUT2D eigenvalue weighted by molar-refractivity contribution is 5.96. The van der Waals surface area contributed by atoms with Crippen LogP contribution in [0.3, 0.4) is 0 Å². The number of carbonyl (C=O) groups excluding carboxylic acids is 2. The lowest BCUT2D eigenvalue weighted by molar-refractivity contribution is 0.0827. The molecule has 0 radical (unpaired) electrons. The van der Waals surface area contributed by atoms with Crippen LogP contribution in [0, 0.1) is 6.92 Å². The minimum Gasteiger partial charge on any atom is -0.345 e. The molecule has 0 saturated carbocycles. The van der Waals surface area contributed by atoms with Gasteiger partial charge in [0, 0.05) is 44.3 Å². The van der Waals surface area contributed by atoms with Crippen molar-refractivity contribution in [2.24, 2.45) is 0 Å². The summed E-state index contributed by atoms with van der Waals surface area (Å²) in [6.45, 7) is 2.24. The van der Waals surface area contributed by atoms with Crippen molar-refractivity contribution < 1.29 is 9.59 Å². The van der Waals surface area contributed by atoms with E-state index in [2.05, 4.69) is 15.6 Å². The highest BCUT2D eigenvalue weighted by Crippen LogP contribution is 2.16. The fourth-order valence-electron chi connectivity index (χ4n) is 2.08. The van der Waals surface area contributed by atoms with Crippen molar-refractivity contribution in [3.63, 3.8) is 0 Å². The third-order valence-electron chi connectivity index (χ3n) is 3.30. The van der Waals surface area contributed by atoms with Crippen molar-refractivity contribution in [2.75, 3.05) is 19.4 Å². The molecular formula is C17H20N4O2. The Morgan fingerprint density at radius 2 is 2.00 bits per heavy atom. The molecule has 0 aliphatic carbocycles. The Morgan fingerprint density at radius 1 is 1.22 bits per heavy atom. The number of aryl methyl sites for hydroxylation is 1. The molecule has 23 heavy (non-hydrogen) atoms. The van der Waals surface area contributed by atoms with E-state index >= 15 is 0 Å². The first-order chi connectivity index (χ1) is 11.0. The summed E-state index contributed by atoms with van der Waals surface area (Å²) in [5, 5.41) is 5.51. The molecule has 120 valence electrons. The van der Waals surface area contributed by atoms with Crippen LogP contribution in [0.4, 0.5) is 10.5 Å². The number of aromatic nitrogens is 1. The second-order valence-electron chi connectivity index (χ2n) is 5.40. The van der Waals surface area contributed by atoms with Crippen LogP contribution >= 0.6 is 0 Å². The van der Waals surface area contributed by atoms with E-state index in [-0.39, 0.29) is 11.9 Å². The summed E-state index contributed by atoms with van der Waals surface area (Å²) in [5.41, 5.74) is 3.00. The van der Waals surface area contributed by atoms with Gasteiger partial charge in [-0.15, -0.1) is 0 Å². The van der Waals surface area contributed by atoms with Crippen LogP contribution in [0.15, 0.2) is 42.7 Å². The van der Waals surface area contributed by atoms with E-state index < -0.39 is 0 Å². The second kappa shape index (κ2) is 7.40. The minimum atomic E-state index is -0.306. The molecular weight excluding hydrogens is 292 g/mol. The van der Waals surface area contributed by atoms with E-state index in [4.69, 9.17) is 0 Å². The molecule has 2 N–H and O–H groups in total. The Kier molecular flexibility index (Phi) is 5.30. The normalized spacial score (nSPS) is 10.0. The number of rotatable bonds is 4. The molecule has 0 unspecified atom stereocenters. The lowest BCUT2D eigenvalue weighted by Crippen LogP contribution is -2.28. The van der Waals surface area contributed by atoms with Crippen molar-refractivity contribution in [1.82, 2.24) is 15.2 Å². The molecule has 3 amide bonds. The highest BCUT2D eigenvalue weighted by atomic mass is 16.2. The van der Waals surface area contributed by atoms with Gasteiger partial charge in [0.05, 0.1) is 0 Å². The summed E-state index contributed by atoms with van der Waals surface area (Å²) in [4.78, 5) is 29.4. The number of hydrogen-bond donors (Lipinski definition) is 2. The maximum Gasteiger partial charge on any atom is 0.319 e. The van der Waals surface area contributed by atoms with Crippen LogP contribution < -0.4 is 10.6 Å². The number of nitrogens with zero attached hydrogens (tertiary/aromatic N) is 2. The van der Waals surface area contributed by atoms with E-state index in [0.717, 1.165) is 11.1 Å². The van der Waals surface area contributed by atoms with Gasteiger partial charge in [-0.3, -0.25) is 9.78 Å². The van der Waals surface area contributed by atoms with E-state index in [1.54, 1.807) is 44.7 Å². The molecule has 2 aromatic rings. The van der Waals surface area contributed by atoms with Gasteiger partial charge in [0.1, 0.15) is 0 Å².